The second kappa shape index (κ2) is 13.7. The lowest BCUT2D eigenvalue weighted by atomic mass is 9.57. The highest BCUT2D eigenvalue weighted by Crippen LogP contribution is 2.61. The fourth-order valence-corrected chi connectivity index (χ4v) is 6.68. The third-order valence-corrected chi connectivity index (χ3v) is 8.65. The molecule has 0 aliphatic heterocycles. The van der Waals surface area contributed by atoms with E-state index in [-0.39, 0.29) is 36.1 Å². The number of methoxy groups -OCH3 is 1. The SMILES string of the molecule is COCCOCO[C@H]1C[C@H]([C@H](C)CCCC(C)C)[C@@]2(C)CC[C@H](O)[C@@H](CCOC(=O)C(C)(C)C)[C@H]12. The van der Waals surface area contributed by atoms with E-state index in [9.17, 15) is 9.90 Å². The molecule has 35 heavy (non-hydrogen) atoms. The number of fused-ring (bicyclic) bond motifs is 1. The Morgan fingerprint density at radius 1 is 1.11 bits per heavy atom. The van der Waals surface area contributed by atoms with Crippen LogP contribution < -0.4 is 0 Å². The summed E-state index contributed by atoms with van der Waals surface area (Å²) in [5, 5.41) is 11.1. The van der Waals surface area contributed by atoms with E-state index in [2.05, 4.69) is 27.7 Å². The Hall–Kier alpha value is -0.690. The first-order chi connectivity index (χ1) is 16.4. The van der Waals surface area contributed by atoms with E-state index in [1.807, 2.05) is 20.8 Å². The van der Waals surface area contributed by atoms with Gasteiger partial charge in [-0.15, -0.1) is 0 Å². The van der Waals surface area contributed by atoms with Gasteiger partial charge in [-0.2, -0.15) is 0 Å². The second-order valence-electron chi connectivity index (χ2n) is 12.8. The van der Waals surface area contributed by atoms with Crippen LogP contribution in [0.25, 0.3) is 0 Å². The van der Waals surface area contributed by atoms with Gasteiger partial charge in [0.2, 0.25) is 0 Å². The summed E-state index contributed by atoms with van der Waals surface area (Å²) in [5.74, 6) is 1.99. The molecule has 2 rings (SSSR count). The summed E-state index contributed by atoms with van der Waals surface area (Å²) < 4.78 is 22.7. The van der Waals surface area contributed by atoms with Crippen molar-refractivity contribution < 1.29 is 28.8 Å². The molecule has 2 saturated carbocycles. The Morgan fingerprint density at radius 3 is 2.46 bits per heavy atom. The molecule has 0 spiro atoms. The van der Waals surface area contributed by atoms with Gasteiger partial charge in [-0.3, -0.25) is 4.79 Å². The van der Waals surface area contributed by atoms with Crippen LogP contribution in [0, 0.1) is 40.4 Å². The predicted octanol–water partition coefficient (Wildman–Crippen LogP) is 5.85. The molecule has 7 atom stereocenters. The number of carbonyl (C=O) groups excluding carboxylic acids is 1. The van der Waals surface area contributed by atoms with Crippen molar-refractivity contribution in [3.05, 3.63) is 0 Å². The molecule has 6 nitrogen and oxygen atoms in total. The molecule has 0 aromatic rings. The van der Waals surface area contributed by atoms with E-state index in [0.717, 1.165) is 25.2 Å². The predicted molar refractivity (Wildman–Crippen MR) is 139 cm³/mol. The summed E-state index contributed by atoms with van der Waals surface area (Å²) in [6.45, 7) is 16.7. The number of ether oxygens (including phenoxy) is 4. The quantitative estimate of drug-likeness (QED) is 0.184. The molecule has 0 bridgehead atoms. The summed E-state index contributed by atoms with van der Waals surface area (Å²) in [6.07, 6.45) is 6.90. The Morgan fingerprint density at radius 2 is 1.83 bits per heavy atom. The smallest absolute Gasteiger partial charge is 0.311 e. The Balaban J connectivity index is 2.15. The van der Waals surface area contributed by atoms with Crippen molar-refractivity contribution in [3.8, 4) is 0 Å². The average Bonchev–Trinajstić information content (AvgIpc) is 3.07. The van der Waals surface area contributed by atoms with Crippen LogP contribution in [0.15, 0.2) is 0 Å². The number of aliphatic hydroxyl groups is 1. The fourth-order valence-electron chi connectivity index (χ4n) is 6.68. The minimum absolute atomic E-state index is 0.0401. The first-order valence-corrected chi connectivity index (χ1v) is 13.9. The molecule has 0 unspecified atom stereocenters. The maximum absolute atomic E-state index is 12.3. The molecular formula is C29H54O6. The van der Waals surface area contributed by atoms with Gasteiger partial charge in [0, 0.05) is 7.11 Å². The van der Waals surface area contributed by atoms with Crippen LogP contribution in [-0.2, 0) is 23.7 Å². The van der Waals surface area contributed by atoms with Crippen molar-refractivity contribution in [3.63, 3.8) is 0 Å². The molecule has 0 aromatic heterocycles. The zero-order chi connectivity index (χ0) is 26.2. The lowest BCUT2D eigenvalue weighted by Gasteiger charge is -2.49. The van der Waals surface area contributed by atoms with Crippen LogP contribution in [0.2, 0.25) is 0 Å². The van der Waals surface area contributed by atoms with Crippen LogP contribution in [0.5, 0.6) is 0 Å². The molecule has 206 valence electrons. The second-order valence-corrected chi connectivity index (χ2v) is 12.8. The van der Waals surface area contributed by atoms with E-state index in [1.165, 1.54) is 19.3 Å². The zero-order valence-electron chi connectivity index (χ0n) is 23.8. The zero-order valence-corrected chi connectivity index (χ0v) is 23.8. The Kier molecular flexibility index (Phi) is 12.0. The summed E-state index contributed by atoms with van der Waals surface area (Å²) in [7, 11) is 1.67. The van der Waals surface area contributed by atoms with Gasteiger partial charge in [-0.1, -0.05) is 47.0 Å². The molecule has 2 fully saturated rings. The normalized spacial score (nSPS) is 32.0. The van der Waals surface area contributed by atoms with Crippen molar-refractivity contribution in [1.82, 2.24) is 0 Å². The molecule has 0 aromatic carbocycles. The Bertz CT molecular complexity index is 629. The summed E-state index contributed by atoms with van der Waals surface area (Å²) in [6, 6.07) is 0. The highest BCUT2D eigenvalue weighted by molar-refractivity contribution is 5.75. The van der Waals surface area contributed by atoms with Gasteiger partial charge in [0.25, 0.3) is 0 Å². The van der Waals surface area contributed by atoms with Crippen molar-refractivity contribution in [2.45, 2.75) is 106 Å². The maximum atomic E-state index is 12.3. The minimum Gasteiger partial charge on any atom is -0.465 e. The van der Waals surface area contributed by atoms with E-state index >= 15 is 0 Å². The number of hydrogen-bond acceptors (Lipinski definition) is 6. The van der Waals surface area contributed by atoms with Crippen molar-refractivity contribution in [2.75, 3.05) is 33.7 Å². The molecule has 0 saturated heterocycles. The Labute approximate surface area is 214 Å². The average molecular weight is 499 g/mol. The van der Waals surface area contributed by atoms with Crippen molar-refractivity contribution in [1.29, 1.82) is 0 Å². The first-order valence-electron chi connectivity index (χ1n) is 13.9. The molecule has 1 N–H and O–H groups in total. The topological polar surface area (TPSA) is 74.2 Å². The van der Waals surface area contributed by atoms with Gasteiger partial charge in [-0.25, -0.2) is 0 Å². The van der Waals surface area contributed by atoms with Crippen molar-refractivity contribution >= 4 is 5.97 Å². The lowest BCUT2D eigenvalue weighted by Crippen LogP contribution is -2.48. The number of rotatable bonds is 14. The van der Waals surface area contributed by atoms with Gasteiger partial charge in [0.05, 0.1) is 37.4 Å². The van der Waals surface area contributed by atoms with Crippen LogP contribution in [-0.4, -0.2) is 57.0 Å². The molecule has 0 heterocycles. The van der Waals surface area contributed by atoms with E-state index in [1.54, 1.807) is 7.11 Å². The van der Waals surface area contributed by atoms with Gasteiger partial charge in [-0.05, 0) is 81.5 Å². The van der Waals surface area contributed by atoms with Gasteiger partial charge >= 0.3 is 5.97 Å². The van der Waals surface area contributed by atoms with Gasteiger partial charge in [0.1, 0.15) is 6.79 Å². The van der Waals surface area contributed by atoms with Crippen LogP contribution in [0.3, 0.4) is 0 Å². The van der Waals surface area contributed by atoms with E-state index in [0.29, 0.717) is 38.1 Å². The standard InChI is InChI=1S/C29H54O6/c1-20(2)10-9-11-21(3)23-18-25(35-19-33-17-16-32-8)26-22(24(30)12-14-29(23,26)7)13-15-34-27(31)28(4,5)6/h20-26,30H,9-19H2,1-8H3/t21-,22-,23-,24+,25+,26-,29-/m1/s1. The number of carbonyl (C=O) groups is 1. The summed E-state index contributed by atoms with van der Waals surface area (Å²) in [4.78, 5) is 12.3. The molecule has 0 radical (unpaired) electrons. The van der Waals surface area contributed by atoms with Gasteiger partial charge in [0.15, 0.2) is 0 Å². The van der Waals surface area contributed by atoms with Crippen LogP contribution in [0.4, 0.5) is 0 Å². The number of hydrogen-bond donors (Lipinski definition) is 1. The molecular weight excluding hydrogens is 444 g/mol. The minimum atomic E-state index is -0.519. The summed E-state index contributed by atoms with van der Waals surface area (Å²) >= 11 is 0. The lowest BCUT2D eigenvalue weighted by molar-refractivity contribution is -0.157. The molecule has 0 amide bonds. The maximum Gasteiger partial charge on any atom is 0.311 e. The van der Waals surface area contributed by atoms with Gasteiger partial charge < -0.3 is 24.1 Å². The van der Waals surface area contributed by atoms with E-state index < -0.39 is 11.5 Å². The highest BCUT2D eigenvalue weighted by atomic mass is 16.7. The highest BCUT2D eigenvalue weighted by Gasteiger charge is 2.59. The van der Waals surface area contributed by atoms with Crippen LogP contribution in [0.1, 0.15) is 93.4 Å². The molecule has 2 aliphatic carbocycles. The fraction of sp³-hybridized carbons (Fsp3) is 0.966. The number of esters is 1. The number of aliphatic hydroxyl groups excluding tert-OH is 1. The largest absolute Gasteiger partial charge is 0.465 e. The molecule has 2 aliphatic rings. The van der Waals surface area contributed by atoms with Crippen molar-refractivity contribution in [2.24, 2.45) is 40.4 Å². The molecule has 6 heteroatoms. The van der Waals surface area contributed by atoms with E-state index in [4.69, 9.17) is 18.9 Å². The monoisotopic (exact) mass is 498 g/mol. The third-order valence-electron chi connectivity index (χ3n) is 8.65. The summed E-state index contributed by atoms with van der Waals surface area (Å²) in [5.41, 5.74) is -0.416. The van der Waals surface area contributed by atoms with Crippen LogP contribution >= 0.6 is 0 Å². The first kappa shape index (κ1) is 30.5. The third kappa shape index (κ3) is 8.41.